The van der Waals surface area contributed by atoms with E-state index in [1.807, 2.05) is 11.9 Å². The second-order valence-electron chi connectivity index (χ2n) is 3.38. The molecule has 0 amide bonds. The Morgan fingerprint density at radius 3 is 2.71 bits per heavy atom. The first kappa shape index (κ1) is 11.4. The molecule has 1 aromatic heterocycles. The van der Waals surface area contributed by atoms with E-state index in [-0.39, 0.29) is 6.10 Å². The number of hydrogen-bond donors (Lipinski definition) is 1. The molecule has 0 radical (unpaired) electrons. The number of rotatable bonds is 4. The highest BCUT2D eigenvalue weighted by molar-refractivity contribution is 6.29. The number of aromatic nitrogens is 2. The lowest BCUT2D eigenvalue weighted by atomic mass is 10.3. The van der Waals surface area contributed by atoms with Gasteiger partial charge >= 0.3 is 0 Å². The third-order valence-electron chi connectivity index (χ3n) is 1.68. The Morgan fingerprint density at radius 1 is 1.50 bits per heavy atom. The molecule has 1 rings (SSSR count). The van der Waals surface area contributed by atoms with Gasteiger partial charge in [0.15, 0.2) is 0 Å². The minimum atomic E-state index is -0.333. The summed E-state index contributed by atoms with van der Waals surface area (Å²) in [5, 5.41) is 9.54. The van der Waals surface area contributed by atoms with Gasteiger partial charge in [0.25, 0.3) is 0 Å². The van der Waals surface area contributed by atoms with Gasteiger partial charge in [0.2, 0.25) is 0 Å². The number of aliphatic hydroxyl groups excluding tert-OH is 1. The van der Waals surface area contributed by atoms with Gasteiger partial charge in [-0.3, -0.25) is 9.88 Å². The molecular weight excluding hydrogens is 202 g/mol. The molecule has 14 heavy (non-hydrogen) atoms. The van der Waals surface area contributed by atoms with Crippen molar-refractivity contribution in [3.05, 3.63) is 23.2 Å². The molecule has 0 saturated carbocycles. The second kappa shape index (κ2) is 5.24. The van der Waals surface area contributed by atoms with Gasteiger partial charge in [-0.15, -0.1) is 0 Å². The van der Waals surface area contributed by atoms with Crippen LogP contribution in [0.25, 0.3) is 0 Å². The van der Waals surface area contributed by atoms with Gasteiger partial charge in [-0.25, -0.2) is 4.98 Å². The molecule has 0 aliphatic rings. The molecule has 4 nitrogen and oxygen atoms in total. The second-order valence-corrected chi connectivity index (χ2v) is 3.76. The summed E-state index contributed by atoms with van der Waals surface area (Å²) in [4.78, 5) is 10.0. The van der Waals surface area contributed by atoms with E-state index in [1.165, 1.54) is 6.20 Å². The van der Waals surface area contributed by atoms with Gasteiger partial charge in [0.1, 0.15) is 5.15 Å². The zero-order chi connectivity index (χ0) is 10.6. The van der Waals surface area contributed by atoms with Crippen LogP contribution in [0.15, 0.2) is 12.4 Å². The largest absolute Gasteiger partial charge is 0.392 e. The fraction of sp³-hybridized carbons (Fsp3) is 0.556. The Labute approximate surface area is 88.6 Å². The zero-order valence-corrected chi connectivity index (χ0v) is 9.07. The Balaban J connectivity index is 2.47. The van der Waals surface area contributed by atoms with Crippen molar-refractivity contribution in [2.24, 2.45) is 0 Å². The monoisotopic (exact) mass is 215 g/mol. The summed E-state index contributed by atoms with van der Waals surface area (Å²) in [5.41, 5.74) is 0.845. The SMILES string of the molecule is CC(O)CN(C)Cc1cnc(Cl)cn1. The van der Waals surface area contributed by atoms with E-state index in [2.05, 4.69) is 9.97 Å². The highest BCUT2D eigenvalue weighted by atomic mass is 35.5. The van der Waals surface area contributed by atoms with Crippen LogP contribution in [0, 0.1) is 0 Å². The van der Waals surface area contributed by atoms with Gasteiger partial charge in [-0.2, -0.15) is 0 Å². The van der Waals surface area contributed by atoms with Crippen LogP contribution in [-0.4, -0.2) is 39.7 Å². The maximum Gasteiger partial charge on any atom is 0.147 e. The van der Waals surface area contributed by atoms with Crippen molar-refractivity contribution in [3.63, 3.8) is 0 Å². The van der Waals surface area contributed by atoms with Crippen molar-refractivity contribution in [1.29, 1.82) is 0 Å². The fourth-order valence-corrected chi connectivity index (χ4v) is 1.31. The number of aliphatic hydroxyl groups is 1. The summed E-state index contributed by atoms with van der Waals surface area (Å²) in [5.74, 6) is 0. The number of likely N-dealkylation sites (N-methyl/N-ethyl adjacent to an activating group) is 1. The number of halogens is 1. The van der Waals surface area contributed by atoms with E-state index in [4.69, 9.17) is 16.7 Å². The zero-order valence-electron chi connectivity index (χ0n) is 8.31. The summed E-state index contributed by atoms with van der Waals surface area (Å²) < 4.78 is 0. The average Bonchev–Trinajstić information content (AvgIpc) is 2.07. The summed E-state index contributed by atoms with van der Waals surface area (Å²) >= 11 is 5.61. The molecule has 1 aromatic rings. The molecule has 1 atom stereocenters. The molecule has 1 N–H and O–H groups in total. The quantitative estimate of drug-likeness (QED) is 0.813. The summed E-state index contributed by atoms with van der Waals surface area (Å²) in [6.45, 7) is 3.03. The normalized spacial score (nSPS) is 13.2. The average molecular weight is 216 g/mol. The Bertz CT molecular complexity index is 276. The lowest BCUT2D eigenvalue weighted by Gasteiger charge is -2.17. The van der Waals surface area contributed by atoms with Crippen molar-refractivity contribution < 1.29 is 5.11 Å². The van der Waals surface area contributed by atoms with Crippen LogP contribution in [0.2, 0.25) is 5.15 Å². The van der Waals surface area contributed by atoms with Gasteiger partial charge in [-0.1, -0.05) is 11.6 Å². The summed E-state index contributed by atoms with van der Waals surface area (Å²) in [7, 11) is 1.92. The molecule has 0 saturated heterocycles. The maximum atomic E-state index is 9.15. The molecule has 0 aromatic carbocycles. The van der Waals surface area contributed by atoms with Crippen molar-refractivity contribution in [2.45, 2.75) is 19.6 Å². The van der Waals surface area contributed by atoms with E-state index in [0.717, 1.165) is 5.69 Å². The Kier molecular flexibility index (Phi) is 4.25. The van der Waals surface area contributed by atoms with E-state index in [1.54, 1.807) is 13.1 Å². The van der Waals surface area contributed by atoms with E-state index < -0.39 is 0 Å². The topological polar surface area (TPSA) is 49.2 Å². The molecule has 5 heteroatoms. The predicted molar refractivity (Wildman–Crippen MR) is 55.1 cm³/mol. The van der Waals surface area contributed by atoms with Gasteiger partial charge in [0.05, 0.1) is 24.2 Å². The third kappa shape index (κ3) is 4.00. The molecule has 0 aliphatic carbocycles. The van der Waals surface area contributed by atoms with Crippen LogP contribution in [0.3, 0.4) is 0 Å². The Morgan fingerprint density at radius 2 is 2.21 bits per heavy atom. The smallest absolute Gasteiger partial charge is 0.147 e. The Hall–Kier alpha value is -0.710. The molecule has 78 valence electrons. The van der Waals surface area contributed by atoms with Crippen LogP contribution in [-0.2, 0) is 6.54 Å². The van der Waals surface area contributed by atoms with Crippen molar-refractivity contribution >= 4 is 11.6 Å². The fourth-order valence-electron chi connectivity index (χ4n) is 1.21. The number of nitrogens with zero attached hydrogens (tertiary/aromatic N) is 3. The van der Waals surface area contributed by atoms with Crippen LogP contribution < -0.4 is 0 Å². The van der Waals surface area contributed by atoms with Crippen molar-refractivity contribution in [3.8, 4) is 0 Å². The minimum Gasteiger partial charge on any atom is -0.392 e. The van der Waals surface area contributed by atoms with E-state index in [9.17, 15) is 0 Å². The summed E-state index contributed by atoms with van der Waals surface area (Å²) in [6, 6.07) is 0. The molecule has 0 spiro atoms. The first-order valence-corrected chi connectivity index (χ1v) is 4.78. The molecule has 0 bridgehead atoms. The van der Waals surface area contributed by atoms with Crippen LogP contribution in [0.4, 0.5) is 0 Å². The first-order valence-electron chi connectivity index (χ1n) is 4.41. The molecule has 1 unspecified atom stereocenters. The third-order valence-corrected chi connectivity index (χ3v) is 1.88. The standard InChI is InChI=1S/C9H14ClN3O/c1-7(14)5-13(2)6-8-3-12-9(10)4-11-8/h3-4,7,14H,5-6H2,1-2H3. The number of hydrogen-bond acceptors (Lipinski definition) is 4. The van der Waals surface area contributed by atoms with Crippen LogP contribution in [0.5, 0.6) is 0 Å². The molecule has 1 heterocycles. The summed E-state index contributed by atoms with van der Waals surface area (Å²) in [6.07, 6.45) is 2.83. The van der Waals surface area contributed by atoms with E-state index in [0.29, 0.717) is 18.2 Å². The highest BCUT2D eigenvalue weighted by Gasteiger charge is 2.04. The lowest BCUT2D eigenvalue weighted by Crippen LogP contribution is -2.27. The molecule has 0 fully saturated rings. The van der Waals surface area contributed by atoms with E-state index >= 15 is 0 Å². The molecular formula is C9H14ClN3O. The maximum absolute atomic E-state index is 9.15. The van der Waals surface area contributed by atoms with Crippen molar-refractivity contribution in [2.75, 3.05) is 13.6 Å². The van der Waals surface area contributed by atoms with Gasteiger partial charge in [-0.05, 0) is 14.0 Å². The lowest BCUT2D eigenvalue weighted by molar-refractivity contribution is 0.137. The van der Waals surface area contributed by atoms with Gasteiger partial charge < -0.3 is 5.11 Å². The van der Waals surface area contributed by atoms with Crippen molar-refractivity contribution in [1.82, 2.24) is 14.9 Å². The molecule has 0 aliphatic heterocycles. The van der Waals surface area contributed by atoms with Crippen LogP contribution >= 0.6 is 11.6 Å². The van der Waals surface area contributed by atoms with Gasteiger partial charge in [0, 0.05) is 13.1 Å². The van der Waals surface area contributed by atoms with Crippen LogP contribution in [0.1, 0.15) is 12.6 Å². The highest BCUT2D eigenvalue weighted by Crippen LogP contribution is 2.03. The predicted octanol–water partition coefficient (Wildman–Crippen LogP) is 0.943. The minimum absolute atomic E-state index is 0.333. The first-order chi connectivity index (χ1) is 6.58.